The van der Waals surface area contributed by atoms with Gasteiger partial charge in [0.05, 0.1) is 0 Å². The van der Waals surface area contributed by atoms with E-state index in [0.717, 1.165) is 32.1 Å². The number of nitrogens with zero attached hydrogens (tertiary/aromatic N) is 2. The lowest BCUT2D eigenvalue weighted by Crippen LogP contribution is -2.49. The van der Waals surface area contributed by atoms with E-state index in [9.17, 15) is 9.59 Å². The summed E-state index contributed by atoms with van der Waals surface area (Å²) in [4.78, 5) is 27.0. The van der Waals surface area contributed by atoms with Crippen LogP contribution in [-0.2, 0) is 4.79 Å². The van der Waals surface area contributed by atoms with Gasteiger partial charge in [0.1, 0.15) is 6.54 Å². The molecule has 2 amide bonds. The van der Waals surface area contributed by atoms with Crippen LogP contribution in [0.2, 0.25) is 0 Å². The van der Waals surface area contributed by atoms with Crippen molar-refractivity contribution in [1.29, 1.82) is 0 Å². The first kappa shape index (κ1) is 16.8. The molecule has 1 saturated carbocycles. The zero-order chi connectivity index (χ0) is 15.1. The van der Waals surface area contributed by atoms with Crippen molar-refractivity contribution in [3.63, 3.8) is 0 Å². The molecule has 1 aliphatic carbocycles. The summed E-state index contributed by atoms with van der Waals surface area (Å²) in [6.45, 7) is 7.30. The summed E-state index contributed by atoms with van der Waals surface area (Å²) in [6, 6.07) is 0.0478. The molecule has 0 bridgehead atoms. The van der Waals surface area contributed by atoms with Gasteiger partial charge in [-0.25, -0.2) is 4.79 Å². The topological polar surface area (TPSA) is 60.9 Å². The quantitative estimate of drug-likeness (QED) is 0.708. The lowest BCUT2D eigenvalue weighted by molar-refractivity contribution is -0.137. The zero-order valence-electron chi connectivity index (χ0n) is 13.0. The predicted molar refractivity (Wildman–Crippen MR) is 78.7 cm³/mol. The van der Waals surface area contributed by atoms with Gasteiger partial charge in [-0.05, 0) is 38.5 Å². The van der Waals surface area contributed by atoms with Gasteiger partial charge in [-0.3, -0.25) is 4.79 Å². The van der Waals surface area contributed by atoms with Crippen molar-refractivity contribution in [2.45, 2.75) is 58.9 Å². The summed E-state index contributed by atoms with van der Waals surface area (Å²) in [5, 5.41) is 9.01. The summed E-state index contributed by atoms with van der Waals surface area (Å²) >= 11 is 0. The highest BCUT2D eigenvalue weighted by atomic mass is 16.4. The minimum absolute atomic E-state index is 0.109. The number of hydrogen-bond donors (Lipinski definition) is 1. The van der Waals surface area contributed by atoms with Gasteiger partial charge in [0, 0.05) is 19.1 Å². The standard InChI is InChI=1S/C15H28N2O3/c1-4-6-9-17(12(3)5-2)15(20)16(11-14(18)19)10-13-7-8-13/h12-13H,4-11H2,1-3H3,(H,18,19). The maximum atomic E-state index is 12.6. The van der Waals surface area contributed by atoms with Gasteiger partial charge in [-0.1, -0.05) is 20.3 Å². The van der Waals surface area contributed by atoms with Crippen LogP contribution in [0.5, 0.6) is 0 Å². The molecule has 5 nitrogen and oxygen atoms in total. The number of unbranched alkanes of at least 4 members (excludes halogenated alkanes) is 1. The highest BCUT2D eigenvalue weighted by molar-refractivity contribution is 5.80. The zero-order valence-corrected chi connectivity index (χ0v) is 13.0. The third-order valence-electron chi connectivity index (χ3n) is 3.89. The van der Waals surface area contributed by atoms with Crippen LogP contribution >= 0.6 is 0 Å². The maximum absolute atomic E-state index is 12.6. The minimum atomic E-state index is -0.932. The van der Waals surface area contributed by atoms with Crippen LogP contribution in [0.25, 0.3) is 0 Å². The monoisotopic (exact) mass is 284 g/mol. The Morgan fingerprint density at radius 1 is 1.30 bits per heavy atom. The van der Waals surface area contributed by atoms with Crippen LogP contribution in [-0.4, -0.2) is 52.6 Å². The van der Waals surface area contributed by atoms with Gasteiger partial charge in [0.15, 0.2) is 0 Å². The second-order valence-electron chi connectivity index (χ2n) is 5.80. The molecule has 1 aliphatic rings. The van der Waals surface area contributed by atoms with Crippen LogP contribution in [0.3, 0.4) is 0 Å². The molecule has 0 aromatic carbocycles. The molecule has 0 spiro atoms. The molecule has 0 heterocycles. The average Bonchev–Trinajstić information content (AvgIpc) is 3.21. The first-order valence-electron chi connectivity index (χ1n) is 7.76. The third-order valence-corrected chi connectivity index (χ3v) is 3.89. The number of carbonyl (C=O) groups is 2. The number of carboxylic acid groups (broad SMARTS) is 1. The number of rotatable bonds is 9. The van der Waals surface area contributed by atoms with Crippen molar-refractivity contribution in [1.82, 2.24) is 9.80 Å². The van der Waals surface area contributed by atoms with Gasteiger partial charge in [0.2, 0.25) is 0 Å². The Morgan fingerprint density at radius 2 is 1.95 bits per heavy atom. The number of hydrogen-bond acceptors (Lipinski definition) is 2. The van der Waals surface area contributed by atoms with E-state index >= 15 is 0 Å². The second kappa shape index (κ2) is 8.12. The fourth-order valence-corrected chi connectivity index (χ4v) is 2.22. The molecular weight excluding hydrogens is 256 g/mol. The Balaban J connectivity index is 2.71. The predicted octanol–water partition coefficient (Wildman–Crippen LogP) is 2.80. The molecule has 0 aliphatic heterocycles. The van der Waals surface area contributed by atoms with Gasteiger partial charge in [-0.15, -0.1) is 0 Å². The maximum Gasteiger partial charge on any atom is 0.323 e. The molecule has 1 unspecified atom stereocenters. The van der Waals surface area contributed by atoms with Crippen LogP contribution in [0, 0.1) is 5.92 Å². The lowest BCUT2D eigenvalue weighted by Gasteiger charge is -2.34. The minimum Gasteiger partial charge on any atom is -0.480 e. The largest absolute Gasteiger partial charge is 0.480 e. The van der Waals surface area contributed by atoms with Crippen molar-refractivity contribution in [2.75, 3.05) is 19.6 Å². The SMILES string of the molecule is CCCCN(C(=O)N(CC(=O)O)CC1CC1)C(C)CC. The van der Waals surface area contributed by atoms with E-state index in [-0.39, 0.29) is 18.6 Å². The van der Waals surface area contributed by atoms with Crippen LogP contribution in [0.4, 0.5) is 4.79 Å². The number of carboxylic acids is 1. The molecule has 0 aromatic rings. The third kappa shape index (κ3) is 5.39. The molecule has 0 aromatic heterocycles. The Hall–Kier alpha value is -1.26. The summed E-state index contributed by atoms with van der Waals surface area (Å²) in [5.74, 6) is -0.429. The van der Waals surface area contributed by atoms with E-state index in [1.54, 1.807) is 0 Å². The van der Waals surface area contributed by atoms with E-state index < -0.39 is 5.97 Å². The number of carbonyl (C=O) groups excluding carboxylic acids is 1. The summed E-state index contributed by atoms with van der Waals surface area (Å²) in [6.07, 6.45) is 5.10. The highest BCUT2D eigenvalue weighted by Gasteiger charge is 2.31. The molecule has 1 rings (SSSR count). The van der Waals surface area contributed by atoms with Crippen molar-refractivity contribution in [3.8, 4) is 0 Å². The Kier molecular flexibility index (Phi) is 6.82. The molecule has 0 saturated heterocycles. The Labute approximate surface area is 121 Å². The fourth-order valence-electron chi connectivity index (χ4n) is 2.22. The number of urea groups is 1. The summed E-state index contributed by atoms with van der Waals surface area (Å²) < 4.78 is 0. The van der Waals surface area contributed by atoms with Gasteiger partial charge in [0.25, 0.3) is 0 Å². The normalized spacial score (nSPS) is 15.8. The lowest BCUT2D eigenvalue weighted by atomic mass is 10.2. The van der Waals surface area contributed by atoms with E-state index in [1.165, 1.54) is 4.90 Å². The molecule has 1 N–H and O–H groups in total. The first-order chi connectivity index (χ1) is 9.49. The van der Waals surface area contributed by atoms with Crippen molar-refractivity contribution in [3.05, 3.63) is 0 Å². The molecule has 1 atom stereocenters. The second-order valence-corrected chi connectivity index (χ2v) is 5.80. The number of aliphatic carboxylic acids is 1. The molecule has 0 radical (unpaired) electrons. The van der Waals surface area contributed by atoms with E-state index in [4.69, 9.17) is 5.11 Å². The van der Waals surface area contributed by atoms with Crippen LogP contribution in [0.1, 0.15) is 52.9 Å². The van der Waals surface area contributed by atoms with E-state index in [1.807, 2.05) is 11.8 Å². The Morgan fingerprint density at radius 3 is 2.40 bits per heavy atom. The van der Waals surface area contributed by atoms with Gasteiger partial charge in [-0.2, -0.15) is 0 Å². The fraction of sp³-hybridized carbons (Fsp3) is 0.867. The van der Waals surface area contributed by atoms with Crippen molar-refractivity contribution >= 4 is 12.0 Å². The molecule has 5 heteroatoms. The molecule has 20 heavy (non-hydrogen) atoms. The summed E-state index contributed by atoms with van der Waals surface area (Å²) in [5.41, 5.74) is 0. The first-order valence-corrected chi connectivity index (χ1v) is 7.76. The van der Waals surface area contributed by atoms with Crippen LogP contribution in [0.15, 0.2) is 0 Å². The van der Waals surface area contributed by atoms with E-state index in [2.05, 4.69) is 13.8 Å². The van der Waals surface area contributed by atoms with Crippen molar-refractivity contribution < 1.29 is 14.7 Å². The van der Waals surface area contributed by atoms with Gasteiger partial charge >= 0.3 is 12.0 Å². The van der Waals surface area contributed by atoms with Gasteiger partial charge < -0.3 is 14.9 Å². The van der Waals surface area contributed by atoms with Crippen molar-refractivity contribution in [2.24, 2.45) is 5.92 Å². The van der Waals surface area contributed by atoms with Crippen LogP contribution < -0.4 is 0 Å². The summed E-state index contributed by atoms with van der Waals surface area (Å²) in [7, 11) is 0. The molecular formula is C15H28N2O3. The molecule has 116 valence electrons. The van der Waals surface area contributed by atoms with E-state index in [0.29, 0.717) is 19.0 Å². The highest BCUT2D eigenvalue weighted by Crippen LogP contribution is 2.30. The average molecular weight is 284 g/mol. The molecule has 1 fully saturated rings. The number of amides is 2. The Bertz CT molecular complexity index is 329. The smallest absolute Gasteiger partial charge is 0.323 e.